The maximum atomic E-state index is 5.35. The van der Waals surface area contributed by atoms with Crippen LogP contribution in [-0.4, -0.2) is 43.3 Å². The Morgan fingerprint density at radius 2 is 2.00 bits per heavy atom. The fourth-order valence-electron chi connectivity index (χ4n) is 1.22. The van der Waals surface area contributed by atoms with Crippen LogP contribution >= 0.6 is 0 Å². The molecule has 0 aromatic heterocycles. The lowest BCUT2D eigenvalue weighted by Gasteiger charge is -2.34. The lowest BCUT2D eigenvalue weighted by atomic mass is 10.1. The topological polar surface area (TPSA) is 38.5 Å². The molecule has 0 heterocycles. The molecule has 84 valence electrons. The Morgan fingerprint density at radius 3 is 2.43 bits per heavy atom. The van der Waals surface area contributed by atoms with Crippen LogP contribution in [0.1, 0.15) is 20.8 Å². The van der Waals surface area contributed by atoms with Crippen LogP contribution in [-0.2, 0) is 4.74 Å². The zero-order valence-electron chi connectivity index (χ0n) is 9.75. The third kappa shape index (κ3) is 6.13. The van der Waals surface area contributed by atoms with E-state index in [0.717, 1.165) is 19.7 Å². The summed E-state index contributed by atoms with van der Waals surface area (Å²) in [5.41, 5.74) is 5.50. The highest BCUT2D eigenvalue weighted by molar-refractivity contribution is 4.82. The molecule has 0 aliphatic rings. The maximum Gasteiger partial charge on any atom is 0.0594 e. The molecule has 2 N–H and O–H groups in total. The van der Waals surface area contributed by atoms with Crippen LogP contribution in [0.4, 0.5) is 0 Å². The van der Waals surface area contributed by atoms with Crippen LogP contribution in [0.2, 0.25) is 0 Å². The van der Waals surface area contributed by atoms with E-state index in [9.17, 15) is 0 Å². The van der Waals surface area contributed by atoms with Crippen molar-refractivity contribution in [3.63, 3.8) is 0 Å². The molecule has 0 aliphatic heterocycles. The molecule has 0 radical (unpaired) electrons. The van der Waals surface area contributed by atoms with Gasteiger partial charge in [0.1, 0.15) is 0 Å². The summed E-state index contributed by atoms with van der Waals surface area (Å²) < 4.78 is 5.35. The van der Waals surface area contributed by atoms with Crippen molar-refractivity contribution in [1.29, 1.82) is 0 Å². The SMILES string of the molecule is C=CCN(CCOCCN)C(C)(C)C. The molecular formula is C11H24N2O. The number of rotatable bonds is 7. The van der Waals surface area contributed by atoms with E-state index in [1.54, 1.807) is 0 Å². The molecule has 0 saturated carbocycles. The normalized spacial score (nSPS) is 12.1. The van der Waals surface area contributed by atoms with Crippen LogP contribution in [0, 0.1) is 0 Å². The number of hydrogen-bond acceptors (Lipinski definition) is 3. The average Bonchev–Trinajstić information content (AvgIpc) is 2.08. The Morgan fingerprint density at radius 1 is 1.36 bits per heavy atom. The van der Waals surface area contributed by atoms with Crippen molar-refractivity contribution in [2.45, 2.75) is 26.3 Å². The van der Waals surface area contributed by atoms with Crippen LogP contribution in [0.15, 0.2) is 12.7 Å². The zero-order chi connectivity index (χ0) is 11.0. The van der Waals surface area contributed by atoms with Gasteiger partial charge in [-0.05, 0) is 20.8 Å². The summed E-state index contributed by atoms with van der Waals surface area (Å²) in [5.74, 6) is 0. The summed E-state index contributed by atoms with van der Waals surface area (Å²) in [5, 5.41) is 0. The van der Waals surface area contributed by atoms with Crippen molar-refractivity contribution in [3.05, 3.63) is 12.7 Å². The highest BCUT2D eigenvalue weighted by Gasteiger charge is 2.19. The molecule has 0 spiro atoms. The Labute approximate surface area is 87.9 Å². The molecular weight excluding hydrogens is 176 g/mol. The van der Waals surface area contributed by atoms with Gasteiger partial charge in [-0.2, -0.15) is 0 Å². The number of nitrogens with two attached hydrogens (primary N) is 1. The van der Waals surface area contributed by atoms with Gasteiger partial charge in [-0.15, -0.1) is 6.58 Å². The summed E-state index contributed by atoms with van der Waals surface area (Å²) >= 11 is 0. The van der Waals surface area contributed by atoms with E-state index in [0.29, 0.717) is 13.2 Å². The van der Waals surface area contributed by atoms with Gasteiger partial charge in [0.15, 0.2) is 0 Å². The lowest BCUT2D eigenvalue weighted by Crippen LogP contribution is -2.43. The zero-order valence-corrected chi connectivity index (χ0v) is 9.75. The molecule has 0 fully saturated rings. The van der Waals surface area contributed by atoms with Crippen LogP contribution < -0.4 is 5.73 Å². The lowest BCUT2D eigenvalue weighted by molar-refractivity contribution is 0.0756. The van der Waals surface area contributed by atoms with Gasteiger partial charge in [0, 0.05) is 25.2 Å². The van der Waals surface area contributed by atoms with Crippen molar-refractivity contribution < 1.29 is 4.74 Å². The minimum absolute atomic E-state index is 0.167. The van der Waals surface area contributed by atoms with E-state index >= 15 is 0 Å². The fourth-order valence-corrected chi connectivity index (χ4v) is 1.22. The van der Waals surface area contributed by atoms with Gasteiger partial charge in [0.2, 0.25) is 0 Å². The predicted molar refractivity (Wildman–Crippen MR) is 61.4 cm³/mol. The van der Waals surface area contributed by atoms with Gasteiger partial charge >= 0.3 is 0 Å². The molecule has 0 aromatic carbocycles. The van der Waals surface area contributed by atoms with Crippen molar-refractivity contribution in [2.24, 2.45) is 5.73 Å². The largest absolute Gasteiger partial charge is 0.379 e. The van der Waals surface area contributed by atoms with E-state index in [1.807, 2.05) is 6.08 Å². The van der Waals surface area contributed by atoms with Gasteiger partial charge in [0.25, 0.3) is 0 Å². The van der Waals surface area contributed by atoms with Gasteiger partial charge < -0.3 is 10.5 Å². The van der Waals surface area contributed by atoms with E-state index in [4.69, 9.17) is 10.5 Å². The molecule has 0 saturated heterocycles. The second-order valence-electron chi connectivity index (χ2n) is 4.31. The maximum absolute atomic E-state index is 5.35. The van der Waals surface area contributed by atoms with Crippen molar-refractivity contribution in [2.75, 3.05) is 32.8 Å². The first-order valence-electron chi connectivity index (χ1n) is 5.16. The Kier molecular flexibility index (Phi) is 6.79. The third-order valence-corrected chi connectivity index (χ3v) is 2.07. The molecule has 0 unspecified atom stereocenters. The van der Waals surface area contributed by atoms with E-state index in [1.165, 1.54) is 0 Å². The van der Waals surface area contributed by atoms with Crippen LogP contribution in [0.5, 0.6) is 0 Å². The van der Waals surface area contributed by atoms with E-state index < -0.39 is 0 Å². The minimum Gasteiger partial charge on any atom is -0.379 e. The van der Waals surface area contributed by atoms with Gasteiger partial charge in [-0.25, -0.2) is 0 Å². The van der Waals surface area contributed by atoms with Gasteiger partial charge in [-0.1, -0.05) is 6.08 Å². The number of hydrogen-bond donors (Lipinski definition) is 1. The van der Waals surface area contributed by atoms with Crippen molar-refractivity contribution in [3.8, 4) is 0 Å². The molecule has 0 rings (SSSR count). The van der Waals surface area contributed by atoms with Gasteiger partial charge in [0.05, 0.1) is 13.2 Å². The highest BCUT2D eigenvalue weighted by Crippen LogP contribution is 2.12. The van der Waals surface area contributed by atoms with Crippen LogP contribution in [0.25, 0.3) is 0 Å². The predicted octanol–water partition coefficient (Wildman–Crippen LogP) is 1.25. The van der Waals surface area contributed by atoms with Crippen molar-refractivity contribution >= 4 is 0 Å². The van der Waals surface area contributed by atoms with E-state index in [-0.39, 0.29) is 5.54 Å². The van der Waals surface area contributed by atoms with Crippen LogP contribution in [0.3, 0.4) is 0 Å². The molecule has 14 heavy (non-hydrogen) atoms. The molecule has 0 aromatic rings. The Balaban J connectivity index is 3.80. The quantitative estimate of drug-likeness (QED) is 0.496. The summed E-state index contributed by atoms with van der Waals surface area (Å²) in [4.78, 5) is 2.33. The van der Waals surface area contributed by atoms with Gasteiger partial charge in [-0.3, -0.25) is 4.90 Å². The first-order valence-corrected chi connectivity index (χ1v) is 5.16. The first-order chi connectivity index (χ1) is 6.52. The standard InChI is InChI=1S/C11H24N2O/c1-5-7-13(11(2,3)4)8-10-14-9-6-12/h5H,1,6-10,12H2,2-4H3. The summed E-state index contributed by atoms with van der Waals surface area (Å²) in [7, 11) is 0. The molecule has 3 nitrogen and oxygen atoms in total. The Hall–Kier alpha value is -0.380. The third-order valence-electron chi connectivity index (χ3n) is 2.07. The smallest absolute Gasteiger partial charge is 0.0594 e. The molecule has 0 amide bonds. The summed E-state index contributed by atoms with van der Waals surface area (Å²) in [6, 6.07) is 0. The first kappa shape index (κ1) is 13.6. The fraction of sp³-hybridized carbons (Fsp3) is 0.818. The second-order valence-corrected chi connectivity index (χ2v) is 4.31. The number of ether oxygens (including phenoxy) is 1. The highest BCUT2D eigenvalue weighted by atomic mass is 16.5. The Bertz CT molecular complexity index is 152. The minimum atomic E-state index is 0.167. The van der Waals surface area contributed by atoms with E-state index in [2.05, 4.69) is 32.3 Å². The molecule has 0 bridgehead atoms. The summed E-state index contributed by atoms with van der Waals surface area (Å²) in [6.45, 7) is 14.1. The molecule has 0 atom stereocenters. The summed E-state index contributed by atoms with van der Waals surface area (Å²) in [6.07, 6.45) is 1.92. The average molecular weight is 200 g/mol. The molecule has 0 aliphatic carbocycles. The number of nitrogens with zero attached hydrogens (tertiary/aromatic N) is 1. The second kappa shape index (κ2) is 6.98. The monoisotopic (exact) mass is 200 g/mol. The van der Waals surface area contributed by atoms with Crippen molar-refractivity contribution in [1.82, 2.24) is 4.90 Å². The molecule has 3 heteroatoms.